The lowest BCUT2D eigenvalue weighted by atomic mass is 9.81. The van der Waals surface area contributed by atoms with E-state index in [1.165, 1.54) is 32.1 Å². The van der Waals surface area contributed by atoms with Gasteiger partial charge in [-0.25, -0.2) is 0 Å². The number of aryl methyl sites for hydroxylation is 2. The molecule has 0 radical (unpaired) electrons. The first-order valence-electron chi connectivity index (χ1n) is 7.41. The van der Waals surface area contributed by atoms with E-state index in [9.17, 15) is 4.79 Å². The van der Waals surface area contributed by atoms with Gasteiger partial charge in [0.1, 0.15) is 0 Å². The maximum atomic E-state index is 12.1. The summed E-state index contributed by atoms with van der Waals surface area (Å²) in [6, 6.07) is 0. The third kappa shape index (κ3) is 3.37. The Morgan fingerprint density at radius 3 is 2.42 bits per heavy atom. The third-order valence-corrected chi connectivity index (χ3v) is 4.45. The maximum Gasteiger partial charge on any atom is 0.255 e. The van der Waals surface area contributed by atoms with Crippen LogP contribution < -0.4 is 5.32 Å². The summed E-state index contributed by atoms with van der Waals surface area (Å²) in [6.07, 6.45) is 6.44. The van der Waals surface area contributed by atoms with Crippen LogP contribution in [0.5, 0.6) is 0 Å². The van der Waals surface area contributed by atoms with E-state index in [2.05, 4.69) is 22.4 Å². The maximum absolute atomic E-state index is 12.1. The van der Waals surface area contributed by atoms with E-state index >= 15 is 0 Å². The number of carbonyl (C=O) groups excluding carboxylic acids is 1. The summed E-state index contributed by atoms with van der Waals surface area (Å²) >= 11 is 0. The average molecular weight is 263 g/mol. The van der Waals surface area contributed by atoms with Gasteiger partial charge in [-0.15, -0.1) is 0 Å². The Labute approximate surface area is 115 Å². The minimum absolute atomic E-state index is 0.0152. The highest BCUT2D eigenvalue weighted by Crippen LogP contribution is 2.30. The molecule has 1 aliphatic rings. The van der Waals surface area contributed by atoms with Gasteiger partial charge >= 0.3 is 0 Å². The molecule has 1 heterocycles. The number of amides is 1. The summed E-state index contributed by atoms with van der Waals surface area (Å²) < 4.78 is 0. The molecule has 0 unspecified atom stereocenters. The Bertz CT molecular complexity index is 411. The van der Waals surface area contributed by atoms with Gasteiger partial charge in [-0.2, -0.15) is 5.10 Å². The zero-order chi connectivity index (χ0) is 13.8. The molecule has 0 spiro atoms. The summed E-state index contributed by atoms with van der Waals surface area (Å²) in [5, 5.41) is 10.00. The van der Waals surface area contributed by atoms with Crippen molar-refractivity contribution in [2.75, 3.05) is 6.54 Å². The van der Waals surface area contributed by atoms with Crippen LogP contribution in [-0.2, 0) is 0 Å². The number of hydrogen-bond donors (Lipinski definition) is 2. The van der Waals surface area contributed by atoms with Crippen LogP contribution in [0.25, 0.3) is 0 Å². The second-order valence-electron chi connectivity index (χ2n) is 5.81. The van der Waals surface area contributed by atoms with E-state index in [-0.39, 0.29) is 5.91 Å². The Hall–Kier alpha value is -1.32. The van der Waals surface area contributed by atoms with Crippen LogP contribution in [-0.4, -0.2) is 22.6 Å². The highest BCUT2D eigenvalue weighted by Gasteiger charge is 2.21. The molecule has 1 fully saturated rings. The number of rotatable bonds is 4. The molecule has 106 valence electrons. The lowest BCUT2D eigenvalue weighted by Gasteiger charge is -2.27. The fourth-order valence-electron chi connectivity index (χ4n) is 3.05. The SMILES string of the molecule is CCC1CCC(CNC(=O)c2c(C)n[nH]c2C)CC1. The van der Waals surface area contributed by atoms with Crippen molar-refractivity contribution in [3.63, 3.8) is 0 Å². The normalized spacial score (nSPS) is 23.3. The number of hydrogen-bond acceptors (Lipinski definition) is 2. The first kappa shape index (κ1) is 14.1. The van der Waals surface area contributed by atoms with Crippen LogP contribution in [0.4, 0.5) is 0 Å². The first-order chi connectivity index (χ1) is 9.11. The molecule has 0 aromatic carbocycles. The van der Waals surface area contributed by atoms with E-state index in [4.69, 9.17) is 0 Å². The fraction of sp³-hybridized carbons (Fsp3) is 0.733. The molecular formula is C15H25N3O. The molecule has 1 saturated carbocycles. The molecule has 1 aliphatic carbocycles. The number of nitrogens with zero attached hydrogens (tertiary/aromatic N) is 1. The van der Waals surface area contributed by atoms with E-state index in [1.54, 1.807) is 0 Å². The number of nitrogens with one attached hydrogen (secondary N) is 2. The Kier molecular flexibility index (Phi) is 4.61. The van der Waals surface area contributed by atoms with Gasteiger partial charge in [0.2, 0.25) is 0 Å². The van der Waals surface area contributed by atoms with Crippen LogP contribution in [0.3, 0.4) is 0 Å². The summed E-state index contributed by atoms with van der Waals surface area (Å²) in [7, 11) is 0. The number of aromatic amines is 1. The number of carbonyl (C=O) groups is 1. The fourth-order valence-corrected chi connectivity index (χ4v) is 3.05. The van der Waals surface area contributed by atoms with Crippen molar-refractivity contribution < 1.29 is 4.79 Å². The van der Waals surface area contributed by atoms with Crippen molar-refractivity contribution in [2.24, 2.45) is 11.8 Å². The van der Waals surface area contributed by atoms with E-state index < -0.39 is 0 Å². The van der Waals surface area contributed by atoms with Crippen molar-refractivity contribution in [3.05, 3.63) is 17.0 Å². The van der Waals surface area contributed by atoms with E-state index in [0.717, 1.165) is 23.9 Å². The second-order valence-corrected chi connectivity index (χ2v) is 5.81. The lowest BCUT2D eigenvalue weighted by Crippen LogP contribution is -2.31. The van der Waals surface area contributed by atoms with Crippen LogP contribution >= 0.6 is 0 Å². The van der Waals surface area contributed by atoms with Gasteiger partial charge in [-0.05, 0) is 38.5 Å². The van der Waals surface area contributed by atoms with Gasteiger partial charge in [0, 0.05) is 12.2 Å². The zero-order valence-corrected chi connectivity index (χ0v) is 12.3. The molecular weight excluding hydrogens is 238 g/mol. The van der Waals surface area contributed by atoms with Gasteiger partial charge in [-0.1, -0.05) is 26.2 Å². The van der Waals surface area contributed by atoms with E-state index in [1.807, 2.05) is 13.8 Å². The van der Waals surface area contributed by atoms with Crippen molar-refractivity contribution in [1.82, 2.24) is 15.5 Å². The monoisotopic (exact) mass is 263 g/mol. The summed E-state index contributed by atoms with van der Waals surface area (Å²) in [6.45, 7) is 6.84. The van der Waals surface area contributed by atoms with Gasteiger partial charge in [-0.3, -0.25) is 9.89 Å². The zero-order valence-electron chi connectivity index (χ0n) is 12.3. The molecule has 2 rings (SSSR count). The van der Waals surface area contributed by atoms with Crippen molar-refractivity contribution >= 4 is 5.91 Å². The highest BCUT2D eigenvalue weighted by atomic mass is 16.1. The van der Waals surface area contributed by atoms with E-state index in [0.29, 0.717) is 11.5 Å². The van der Waals surface area contributed by atoms with Crippen LogP contribution in [0.1, 0.15) is 60.8 Å². The van der Waals surface area contributed by atoms with Crippen molar-refractivity contribution in [2.45, 2.75) is 52.9 Å². The molecule has 0 atom stereocenters. The summed E-state index contributed by atoms with van der Waals surface area (Å²) in [5.41, 5.74) is 2.34. The highest BCUT2D eigenvalue weighted by molar-refractivity contribution is 5.96. The molecule has 0 saturated heterocycles. The quantitative estimate of drug-likeness (QED) is 0.877. The molecule has 1 aromatic heterocycles. The van der Waals surface area contributed by atoms with Crippen LogP contribution in [0, 0.1) is 25.7 Å². The Morgan fingerprint density at radius 2 is 1.89 bits per heavy atom. The molecule has 2 N–H and O–H groups in total. The van der Waals surface area contributed by atoms with Gasteiger partial charge in [0.15, 0.2) is 0 Å². The Morgan fingerprint density at radius 1 is 1.26 bits per heavy atom. The first-order valence-corrected chi connectivity index (χ1v) is 7.41. The predicted octanol–water partition coefficient (Wildman–Crippen LogP) is 2.97. The molecule has 1 aromatic rings. The standard InChI is InChI=1S/C15H25N3O/c1-4-12-5-7-13(8-6-12)9-16-15(19)14-10(2)17-18-11(14)3/h12-13H,4-9H2,1-3H3,(H,16,19)(H,17,18). The molecule has 0 aliphatic heterocycles. The minimum Gasteiger partial charge on any atom is -0.352 e. The summed E-state index contributed by atoms with van der Waals surface area (Å²) in [5.74, 6) is 1.57. The molecule has 19 heavy (non-hydrogen) atoms. The lowest BCUT2D eigenvalue weighted by molar-refractivity contribution is 0.0940. The van der Waals surface area contributed by atoms with Gasteiger partial charge < -0.3 is 5.32 Å². The summed E-state index contributed by atoms with van der Waals surface area (Å²) in [4.78, 5) is 12.1. The average Bonchev–Trinajstić information content (AvgIpc) is 2.76. The minimum atomic E-state index is 0.0152. The van der Waals surface area contributed by atoms with Gasteiger partial charge in [0.05, 0.1) is 11.3 Å². The second kappa shape index (κ2) is 6.22. The van der Waals surface area contributed by atoms with Gasteiger partial charge in [0.25, 0.3) is 5.91 Å². The van der Waals surface area contributed by atoms with Crippen LogP contribution in [0.2, 0.25) is 0 Å². The van der Waals surface area contributed by atoms with Crippen molar-refractivity contribution in [3.8, 4) is 0 Å². The topological polar surface area (TPSA) is 57.8 Å². The molecule has 0 bridgehead atoms. The number of H-pyrrole nitrogens is 1. The van der Waals surface area contributed by atoms with Crippen LogP contribution in [0.15, 0.2) is 0 Å². The molecule has 4 nitrogen and oxygen atoms in total. The number of aromatic nitrogens is 2. The molecule has 1 amide bonds. The Balaban J connectivity index is 1.82. The third-order valence-electron chi connectivity index (χ3n) is 4.45. The predicted molar refractivity (Wildman–Crippen MR) is 76.1 cm³/mol. The van der Waals surface area contributed by atoms with Crippen molar-refractivity contribution in [1.29, 1.82) is 0 Å². The molecule has 4 heteroatoms. The largest absolute Gasteiger partial charge is 0.352 e. The smallest absolute Gasteiger partial charge is 0.255 e.